The Balaban J connectivity index is 1.20. The molecule has 11 nitrogen and oxygen atoms in total. The second-order valence-electron chi connectivity index (χ2n) is 8.64. The van der Waals surface area contributed by atoms with E-state index >= 15 is 0 Å². The van der Waals surface area contributed by atoms with Gasteiger partial charge >= 0.3 is 0 Å². The second kappa shape index (κ2) is 12.3. The summed E-state index contributed by atoms with van der Waals surface area (Å²) >= 11 is 6.11. The summed E-state index contributed by atoms with van der Waals surface area (Å²) in [5.74, 6) is 1.79. The number of morpholine rings is 2. The van der Waals surface area contributed by atoms with Gasteiger partial charge in [0, 0.05) is 74.7 Å². The molecule has 0 aliphatic carbocycles. The second-order valence-corrected chi connectivity index (χ2v) is 9.07. The number of rotatable bonds is 10. The van der Waals surface area contributed by atoms with Crippen LogP contribution in [0.25, 0.3) is 10.9 Å². The van der Waals surface area contributed by atoms with Crippen LogP contribution in [0.4, 0.5) is 23.5 Å². The van der Waals surface area contributed by atoms with Gasteiger partial charge in [0.1, 0.15) is 0 Å². The van der Waals surface area contributed by atoms with E-state index in [9.17, 15) is 0 Å². The molecule has 0 amide bonds. The van der Waals surface area contributed by atoms with Crippen LogP contribution < -0.4 is 20.9 Å². The standard InChI is InChI=1S/C24H32ClN9O2/c25-18-1-2-19-20(3-4-26-21(19)17-18)27-5-6-28-22-30-23(29-7-8-33-9-13-35-14-10-33)32-24(31-22)34-11-15-36-16-12-34/h1-4,17H,5-16H2,(H,26,27)(H2,28,29,30,31,32). The number of nitrogens with one attached hydrogen (secondary N) is 3. The number of halogens is 1. The maximum atomic E-state index is 6.11. The average molecular weight is 514 g/mol. The molecular formula is C24H32ClN9O2. The highest BCUT2D eigenvalue weighted by molar-refractivity contribution is 6.31. The number of fused-ring (bicyclic) bond motifs is 1. The number of ether oxygens (including phenoxy) is 2. The minimum absolute atomic E-state index is 0.550. The molecule has 4 heterocycles. The molecule has 36 heavy (non-hydrogen) atoms. The zero-order valence-corrected chi connectivity index (χ0v) is 21.0. The molecule has 1 aromatic carbocycles. The first-order valence-corrected chi connectivity index (χ1v) is 12.8. The number of hydrogen-bond donors (Lipinski definition) is 3. The van der Waals surface area contributed by atoms with Gasteiger partial charge in [-0.1, -0.05) is 11.6 Å². The van der Waals surface area contributed by atoms with Crippen molar-refractivity contribution in [1.29, 1.82) is 0 Å². The predicted molar refractivity (Wildman–Crippen MR) is 142 cm³/mol. The molecule has 12 heteroatoms. The van der Waals surface area contributed by atoms with Gasteiger partial charge in [-0.2, -0.15) is 15.0 Å². The molecule has 192 valence electrons. The van der Waals surface area contributed by atoms with Crippen molar-refractivity contribution in [2.75, 3.05) is 99.6 Å². The lowest BCUT2D eigenvalue weighted by Crippen LogP contribution is -2.39. The van der Waals surface area contributed by atoms with Gasteiger partial charge in [0.2, 0.25) is 17.8 Å². The third kappa shape index (κ3) is 6.61. The molecule has 0 bridgehead atoms. The molecule has 2 fully saturated rings. The van der Waals surface area contributed by atoms with E-state index in [0.29, 0.717) is 49.2 Å². The molecule has 0 atom stereocenters. The van der Waals surface area contributed by atoms with Gasteiger partial charge in [0.25, 0.3) is 0 Å². The third-order valence-corrected chi connectivity index (χ3v) is 6.40. The number of nitrogens with zero attached hydrogens (tertiary/aromatic N) is 6. The molecule has 0 unspecified atom stereocenters. The summed E-state index contributed by atoms with van der Waals surface area (Å²) in [4.78, 5) is 22.9. The van der Waals surface area contributed by atoms with Crippen molar-refractivity contribution in [2.45, 2.75) is 0 Å². The molecule has 2 aliphatic rings. The molecule has 3 N–H and O–H groups in total. The summed E-state index contributed by atoms with van der Waals surface area (Å²) in [7, 11) is 0. The molecule has 0 radical (unpaired) electrons. The van der Waals surface area contributed by atoms with Crippen LogP contribution in [0.15, 0.2) is 30.5 Å². The Morgan fingerprint density at radius 3 is 2.28 bits per heavy atom. The molecule has 0 saturated carbocycles. The number of anilines is 4. The lowest BCUT2D eigenvalue weighted by molar-refractivity contribution is 0.0398. The minimum Gasteiger partial charge on any atom is -0.383 e. The number of pyridine rings is 1. The van der Waals surface area contributed by atoms with Gasteiger partial charge in [-0.05, 0) is 24.3 Å². The minimum atomic E-state index is 0.550. The first kappa shape index (κ1) is 24.7. The fourth-order valence-electron chi connectivity index (χ4n) is 4.23. The van der Waals surface area contributed by atoms with Crippen molar-refractivity contribution in [2.24, 2.45) is 0 Å². The van der Waals surface area contributed by atoms with Gasteiger partial charge in [-0.15, -0.1) is 0 Å². The maximum absolute atomic E-state index is 6.11. The van der Waals surface area contributed by atoms with Gasteiger partial charge in [-0.25, -0.2) is 0 Å². The predicted octanol–water partition coefficient (Wildman–Crippen LogP) is 2.18. The third-order valence-electron chi connectivity index (χ3n) is 6.16. The fourth-order valence-corrected chi connectivity index (χ4v) is 4.39. The Morgan fingerprint density at radius 1 is 0.806 bits per heavy atom. The van der Waals surface area contributed by atoms with Crippen LogP contribution in [0.3, 0.4) is 0 Å². The van der Waals surface area contributed by atoms with Crippen LogP contribution in [0, 0.1) is 0 Å². The molecule has 2 aromatic heterocycles. The summed E-state index contributed by atoms with van der Waals surface area (Å²) in [5, 5.41) is 11.9. The smallest absolute Gasteiger partial charge is 0.232 e. The van der Waals surface area contributed by atoms with E-state index in [-0.39, 0.29) is 0 Å². The zero-order valence-electron chi connectivity index (χ0n) is 20.2. The molecule has 2 saturated heterocycles. The van der Waals surface area contributed by atoms with Crippen molar-refractivity contribution >= 4 is 46.0 Å². The van der Waals surface area contributed by atoms with E-state index < -0.39 is 0 Å². The highest BCUT2D eigenvalue weighted by Crippen LogP contribution is 2.24. The van der Waals surface area contributed by atoms with Crippen LogP contribution >= 0.6 is 11.6 Å². The highest BCUT2D eigenvalue weighted by Gasteiger charge is 2.17. The van der Waals surface area contributed by atoms with Gasteiger partial charge in [0.05, 0.1) is 31.9 Å². The van der Waals surface area contributed by atoms with E-state index in [0.717, 1.165) is 69.1 Å². The summed E-state index contributed by atoms with van der Waals surface area (Å²) in [6.45, 7) is 9.34. The summed E-state index contributed by atoms with van der Waals surface area (Å²) in [6, 6.07) is 7.69. The quantitative estimate of drug-likeness (QED) is 0.347. The van der Waals surface area contributed by atoms with E-state index in [2.05, 4.69) is 45.7 Å². The Bertz CT molecular complexity index is 1140. The van der Waals surface area contributed by atoms with Crippen LogP contribution in [0.5, 0.6) is 0 Å². The summed E-state index contributed by atoms with van der Waals surface area (Å²) in [5.41, 5.74) is 1.87. The zero-order chi connectivity index (χ0) is 24.6. The van der Waals surface area contributed by atoms with Gasteiger partial charge in [-0.3, -0.25) is 9.88 Å². The molecule has 5 rings (SSSR count). The summed E-state index contributed by atoms with van der Waals surface area (Å²) < 4.78 is 10.9. The lowest BCUT2D eigenvalue weighted by Gasteiger charge is -2.27. The van der Waals surface area contributed by atoms with Crippen LogP contribution in [0.2, 0.25) is 5.02 Å². The molecule has 3 aromatic rings. The summed E-state index contributed by atoms with van der Waals surface area (Å²) in [6.07, 6.45) is 1.78. The monoisotopic (exact) mass is 513 g/mol. The topological polar surface area (TPSA) is 113 Å². The van der Waals surface area contributed by atoms with Crippen molar-refractivity contribution in [3.8, 4) is 0 Å². The first-order valence-electron chi connectivity index (χ1n) is 12.4. The Hall–Kier alpha value is -2.99. The highest BCUT2D eigenvalue weighted by atomic mass is 35.5. The lowest BCUT2D eigenvalue weighted by atomic mass is 10.2. The van der Waals surface area contributed by atoms with Gasteiger partial charge < -0.3 is 30.3 Å². The SMILES string of the molecule is Clc1ccc2c(NCCNc3nc(NCCN4CCOCC4)nc(N4CCOCC4)n3)ccnc2c1. The van der Waals surface area contributed by atoms with Crippen LogP contribution in [0.1, 0.15) is 0 Å². The maximum Gasteiger partial charge on any atom is 0.232 e. The largest absolute Gasteiger partial charge is 0.383 e. The Morgan fingerprint density at radius 2 is 1.50 bits per heavy atom. The Labute approximate surface area is 215 Å². The molecular weight excluding hydrogens is 482 g/mol. The molecule has 2 aliphatic heterocycles. The van der Waals surface area contributed by atoms with Crippen LogP contribution in [-0.4, -0.2) is 104 Å². The van der Waals surface area contributed by atoms with Crippen LogP contribution in [-0.2, 0) is 9.47 Å². The van der Waals surface area contributed by atoms with E-state index in [4.69, 9.17) is 21.1 Å². The van der Waals surface area contributed by atoms with Crippen molar-refractivity contribution < 1.29 is 9.47 Å². The fraction of sp³-hybridized carbons (Fsp3) is 0.500. The van der Waals surface area contributed by atoms with Crippen molar-refractivity contribution in [3.63, 3.8) is 0 Å². The van der Waals surface area contributed by atoms with Crippen molar-refractivity contribution in [3.05, 3.63) is 35.5 Å². The van der Waals surface area contributed by atoms with Gasteiger partial charge in [0.15, 0.2) is 0 Å². The number of aromatic nitrogens is 4. The normalized spacial score (nSPS) is 16.8. The molecule has 0 spiro atoms. The van der Waals surface area contributed by atoms with E-state index in [1.165, 1.54) is 0 Å². The van der Waals surface area contributed by atoms with E-state index in [1.807, 2.05) is 24.3 Å². The number of benzene rings is 1. The Kier molecular flexibility index (Phi) is 8.44. The van der Waals surface area contributed by atoms with Crippen molar-refractivity contribution in [1.82, 2.24) is 24.8 Å². The average Bonchev–Trinajstić information content (AvgIpc) is 2.92. The first-order chi connectivity index (χ1) is 17.7. The number of hydrogen-bond acceptors (Lipinski definition) is 11. The van der Waals surface area contributed by atoms with E-state index in [1.54, 1.807) is 6.20 Å².